The second-order valence-corrected chi connectivity index (χ2v) is 8.44. The van der Waals surface area contributed by atoms with E-state index in [0.29, 0.717) is 27.8 Å². The Balaban J connectivity index is 1.82. The summed E-state index contributed by atoms with van der Waals surface area (Å²) in [4.78, 5) is 25.7. The van der Waals surface area contributed by atoms with Crippen molar-refractivity contribution in [3.8, 4) is 17.2 Å². The Morgan fingerprint density at radius 2 is 1.45 bits per heavy atom. The van der Waals surface area contributed by atoms with Crippen molar-refractivity contribution >= 4 is 11.8 Å². The van der Waals surface area contributed by atoms with Gasteiger partial charge in [-0.05, 0) is 35.6 Å². The van der Waals surface area contributed by atoms with Crippen LogP contribution in [0.2, 0.25) is 0 Å². The van der Waals surface area contributed by atoms with Crippen LogP contribution in [0.25, 0.3) is 11.1 Å². The minimum absolute atomic E-state index is 0.0108. The maximum Gasteiger partial charge on any atom is 0.339 e. The number of nitrogens with zero attached hydrogens (tertiary/aromatic N) is 1. The van der Waals surface area contributed by atoms with E-state index in [0.717, 1.165) is 5.56 Å². The van der Waals surface area contributed by atoms with Gasteiger partial charge in [-0.25, -0.2) is 4.79 Å². The van der Waals surface area contributed by atoms with Gasteiger partial charge in [-0.1, -0.05) is 81.4 Å². The number of hydrogen-bond donors (Lipinski definition) is 0. The van der Waals surface area contributed by atoms with Crippen LogP contribution in [0.15, 0.2) is 72.8 Å². The van der Waals surface area contributed by atoms with Gasteiger partial charge in [0, 0.05) is 11.1 Å². The number of benzene rings is 3. The van der Waals surface area contributed by atoms with Gasteiger partial charge in [0.1, 0.15) is 0 Å². The number of ether oxygens (including phenoxy) is 1. The maximum absolute atomic E-state index is 12.9. The Hall–Kier alpha value is -3.71. The number of ketones is 1. The summed E-state index contributed by atoms with van der Waals surface area (Å²) in [5.41, 5.74) is 3.63. The first-order valence-electron chi connectivity index (χ1n) is 10.2. The fourth-order valence-corrected chi connectivity index (χ4v) is 3.36. The molecule has 0 heterocycles. The third-order valence-electron chi connectivity index (χ3n) is 5.17. The van der Waals surface area contributed by atoms with Gasteiger partial charge in [0.25, 0.3) is 0 Å². The highest BCUT2D eigenvalue weighted by atomic mass is 16.5. The predicted octanol–water partition coefficient (Wildman–Crippen LogP) is 5.95. The van der Waals surface area contributed by atoms with Crippen LogP contribution in [0.5, 0.6) is 0 Å². The van der Waals surface area contributed by atoms with Gasteiger partial charge in [0.2, 0.25) is 5.78 Å². The molecule has 3 aromatic rings. The Labute approximate surface area is 183 Å². The summed E-state index contributed by atoms with van der Waals surface area (Å²) >= 11 is 0. The monoisotopic (exact) mass is 411 g/mol. The van der Waals surface area contributed by atoms with E-state index in [-0.39, 0.29) is 11.2 Å². The molecule has 4 heteroatoms. The second-order valence-electron chi connectivity index (χ2n) is 8.44. The van der Waals surface area contributed by atoms with Crippen molar-refractivity contribution in [1.82, 2.24) is 0 Å². The molecule has 0 fully saturated rings. The van der Waals surface area contributed by atoms with Crippen molar-refractivity contribution in [3.63, 3.8) is 0 Å². The molecule has 0 N–H and O–H groups in total. The number of Topliss-reactive ketones (excluding diaryl/α,β-unsaturated/α-hetero) is 1. The molecule has 0 aliphatic rings. The van der Waals surface area contributed by atoms with Crippen LogP contribution in [-0.4, -0.2) is 17.9 Å². The van der Waals surface area contributed by atoms with Crippen molar-refractivity contribution in [1.29, 1.82) is 5.26 Å². The van der Waals surface area contributed by atoms with E-state index in [9.17, 15) is 14.9 Å². The highest BCUT2D eigenvalue weighted by Crippen LogP contribution is 2.28. The molecule has 31 heavy (non-hydrogen) atoms. The summed E-state index contributed by atoms with van der Waals surface area (Å²) in [6, 6.07) is 23.5. The lowest BCUT2D eigenvalue weighted by atomic mass is 9.86. The minimum Gasteiger partial charge on any atom is -0.451 e. The average molecular weight is 412 g/mol. The van der Waals surface area contributed by atoms with Gasteiger partial charge < -0.3 is 4.74 Å². The van der Waals surface area contributed by atoms with Gasteiger partial charge in [0.15, 0.2) is 6.10 Å². The molecule has 0 radical (unpaired) electrons. The molecule has 0 spiro atoms. The molecule has 1 atom stereocenters. The molecule has 0 bridgehead atoms. The number of hydrogen-bond acceptors (Lipinski definition) is 4. The number of carbonyl (C=O) groups is 2. The number of esters is 1. The van der Waals surface area contributed by atoms with Crippen LogP contribution in [-0.2, 0) is 10.2 Å². The number of nitriles is 1. The van der Waals surface area contributed by atoms with E-state index in [1.165, 1.54) is 0 Å². The topological polar surface area (TPSA) is 67.2 Å². The van der Waals surface area contributed by atoms with Crippen LogP contribution < -0.4 is 0 Å². The molecule has 156 valence electrons. The molecule has 4 nitrogen and oxygen atoms in total. The van der Waals surface area contributed by atoms with E-state index in [4.69, 9.17) is 4.74 Å². The van der Waals surface area contributed by atoms with E-state index >= 15 is 0 Å². The van der Waals surface area contributed by atoms with Gasteiger partial charge in [-0.3, -0.25) is 4.79 Å². The zero-order valence-electron chi connectivity index (χ0n) is 18.2. The highest BCUT2D eigenvalue weighted by molar-refractivity contribution is 6.03. The summed E-state index contributed by atoms with van der Waals surface area (Å²) in [5, 5.41) is 9.41. The summed E-state index contributed by atoms with van der Waals surface area (Å²) in [6.07, 6.45) is -0.938. The smallest absolute Gasteiger partial charge is 0.339 e. The summed E-state index contributed by atoms with van der Waals surface area (Å²) < 4.78 is 5.51. The van der Waals surface area contributed by atoms with Crippen LogP contribution in [0.4, 0.5) is 0 Å². The SMILES string of the molecule is C[C@H](OC(=O)c1ccccc1-c1ccccc1C#N)C(=O)c1ccc(C(C)(C)C)cc1. The lowest BCUT2D eigenvalue weighted by Gasteiger charge is -2.19. The van der Waals surface area contributed by atoms with Gasteiger partial charge >= 0.3 is 5.97 Å². The highest BCUT2D eigenvalue weighted by Gasteiger charge is 2.23. The third-order valence-corrected chi connectivity index (χ3v) is 5.17. The maximum atomic E-state index is 12.9. The molecule has 0 saturated carbocycles. The normalized spacial score (nSPS) is 12.0. The summed E-state index contributed by atoms with van der Waals surface area (Å²) in [5.74, 6) is -0.862. The predicted molar refractivity (Wildman–Crippen MR) is 121 cm³/mol. The zero-order chi connectivity index (χ0) is 22.6. The van der Waals surface area contributed by atoms with Crippen LogP contribution >= 0.6 is 0 Å². The van der Waals surface area contributed by atoms with Crippen LogP contribution in [0.3, 0.4) is 0 Å². The fraction of sp³-hybridized carbons (Fsp3) is 0.222. The largest absolute Gasteiger partial charge is 0.451 e. The van der Waals surface area contributed by atoms with Gasteiger partial charge in [-0.2, -0.15) is 5.26 Å². The zero-order valence-corrected chi connectivity index (χ0v) is 18.2. The molecular formula is C27H25NO3. The molecule has 0 aliphatic carbocycles. The molecule has 0 amide bonds. The molecule has 0 saturated heterocycles. The molecule has 0 aromatic heterocycles. The quantitative estimate of drug-likeness (QED) is 0.384. The molecule has 3 rings (SSSR count). The first-order valence-corrected chi connectivity index (χ1v) is 10.2. The molecular weight excluding hydrogens is 386 g/mol. The summed E-state index contributed by atoms with van der Waals surface area (Å²) in [6.45, 7) is 7.89. The fourth-order valence-electron chi connectivity index (χ4n) is 3.36. The van der Waals surface area contributed by atoms with E-state index in [2.05, 4.69) is 26.8 Å². The summed E-state index contributed by atoms with van der Waals surface area (Å²) in [7, 11) is 0. The third kappa shape index (κ3) is 4.90. The van der Waals surface area contributed by atoms with Crippen molar-refractivity contribution in [2.75, 3.05) is 0 Å². The molecule has 0 aliphatic heterocycles. The van der Waals surface area contributed by atoms with Crippen LogP contribution in [0, 0.1) is 11.3 Å². The Morgan fingerprint density at radius 1 is 0.871 bits per heavy atom. The lowest BCUT2D eigenvalue weighted by Crippen LogP contribution is -2.25. The van der Waals surface area contributed by atoms with Crippen LogP contribution in [0.1, 0.15) is 59.5 Å². The van der Waals surface area contributed by atoms with E-state index < -0.39 is 12.1 Å². The molecule has 3 aromatic carbocycles. The second kappa shape index (κ2) is 8.97. The Bertz CT molecular complexity index is 1150. The minimum atomic E-state index is -0.938. The van der Waals surface area contributed by atoms with Gasteiger partial charge in [-0.15, -0.1) is 0 Å². The average Bonchev–Trinajstić information content (AvgIpc) is 2.78. The Kier molecular flexibility index (Phi) is 6.36. The standard InChI is InChI=1S/C27H25NO3/c1-18(25(29)19-13-15-21(16-14-19)27(2,3)4)31-26(30)24-12-8-7-11-23(24)22-10-6-5-9-20(22)17-28/h5-16,18H,1-4H3/t18-/m0/s1. The first-order chi connectivity index (χ1) is 14.7. The van der Waals surface area contributed by atoms with Crippen molar-refractivity contribution < 1.29 is 14.3 Å². The lowest BCUT2D eigenvalue weighted by molar-refractivity contribution is 0.0319. The molecule has 0 unspecified atom stereocenters. The van der Waals surface area contributed by atoms with Crippen molar-refractivity contribution in [2.45, 2.75) is 39.2 Å². The van der Waals surface area contributed by atoms with E-state index in [1.54, 1.807) is 61.5 Å². The Morgan fingerprint density at radius 3 is 2.06 bits per heavy atom. The van der Waals surface area contributed by atoms with Crippen molar-refractivity contribution in [2.24, 2.45) is 0 Å². The van der Waals surface area contributed by atoms with Gasteiger partial charge in [0.05, 0.1) is 17.2 Å². The first kappa shape index (κ1) is 22.0. The van der Waals surface area contributed by atoms with E-state index in [1.807, 2.05) is 18.2 Å². The number of carbonyl (C=O) groups excluding carboxylic acids is 2. The van der Waals surface area contributed by atoms with Crippen molar-refractivity contribution in [3.05, 3.63) is 95.1 Å². The number of rotatable bonds is 5.